The third-order valence-electron chi connectivity index (χ3n) is 2.39. The molecule has 0 saturated carbocycles. The van der Waals surface area contributed by atoms with Crippen molar-refractivity contribution in [2.24, 2.45) is 0 Å². The van der Waals surface area contributed by atoms with Gasteiger partial charge in [-0.05, 0) is 24.6 Å². The maximum absolute atomic E-state index is 10.8. The highest BCUT2D eigenvalue weighted by Gasteiger charge is 2.21. The Morgan fingerprint density at radius 3 is 3.07 bits per heavy atom. The molecule has 1 heterocycles. The van der Waals surface area contributed by atoms with Gasteiger partial charge in [0.25, 0.3) is 0 Å². The predicted octanol–water partition coefficient (Wildman–Crippen LogP) is 2.61. The van der Waals surface area contributed by atoms with Crippen LogP contribution >= 0.6 is 24.4 Å². The van der Waals surface area contributed by atoms with E-state index in [-0.39, 0.29) is 4.71 Å². The smallest absolute Gasteiger partial charge is 0.310 e. The van der Waals surface area contributed by atoms with E-state index in [0.29, 0.717) is 0 Å². The summed E-state index contributed by atoms with van der Waals surface area (Å²) in [6.45, 7) is 1.69. The van der Waals surface area contributed by atoms with E-state index < -0.39 is 11.9 Å². The summed E-state index contributed by atoms with van der Waals surface area (Å²) in [6, 6.07) is 5.67. The maximum atomic E-state index is 10.8. The van der Waals surface area contributed by atoms with E-state index in [4.69, 9.17) is 5.11 Å². The molecule has 5 heteroatoms. The SMILES string of the molecule is CC(C(=O)O)c1ccc2c(c1)SC(S)N2. The molecule has 2 rings (SSSR count). The van der Waals surface area contributed by atoms with Gasteiger partial charge in [0, 0.05) is 10.6 Å². The Balaban J connectivity index is 2.31. The Morgan fingerprint density at radius 1 is 1.67 bits per heavy atom. The number of hydrogen-bond donors (Lipinski definition) is 3. The summed E-state index contributed by atoms with van der Waals surface area (Å²) < 4.78 is 0.0652. The minimum atomic E-state index is -0.798. The van der Waals surface area contributed by atoms with Gasteiger partial charge in [0.2, 0.25) is 0 Å². The molecule has 0 aromatic heterocycles. The zero-order valence-electron chi connectivity index (χ0n) is 8.10. The molecule has 2 atom stereocenters. The molecule has 0 amide bonds. The summed E-state index contributed by atoms with van der Waals surface area (Å²) in [5.74, 6) is -1.26. The minimum absolute atomic E-state index is 0.0652. The van der Waals surface area contributed by atoms with Crippen LogP contribution in [0.5, 0.6) is 0 Å². The van der Waals surface area contributed by atoms with E-state index in [2.05, 4.69) is 17.9 Å². The van der Waals surface area contributed by atoms with Gasteiger partial charge in [-0.15, -0.1) is 12.6 Å². The number of fused-ring (bicyclic) bond motifs is 1. The number of anilines is 1. The van der Waals surface area contributed by atoms with Crippen molar-refractivity contribution in [1.29, 1.82) is 0 Å². The first-order valence-corrected chi connectivity index (χ1v) is 5.95. The van der Waals surface area contributed by atoms with E-state index in [9.17, 15) is 4.79 Å². The van der Waals surface area contributed by atoms with Gasteiger partial charge in [-0.2, -0.15) is 0 Å². The Hall–Kier alpha value is -0.810. The highest BCUT2D eigenvalue weighted by atomic mass is 32.2. The maximum Gasteiger partial charge on any atom is 0.310 e. The van der Waals surface area contributed by atoms with Gasteiger partial charge in [-0.25, -0.2) is 0 Å². The van der Waals surface area contributed by atoms with Crippen LogP contribution in [0, 0.1) is 0 Å². The fourth-order valence-electron chi connectivity index (χ4n) is 1.45. The van der Waals surface area contributed by atoms with Crippen molar-refractivity contribution in [3.05, 3.63) is 23.8 Å². The second-order valence-electron chi connectivity index (χ2n) is 3.43. The van der Waals surface area contributed by atoms with Crippen LogP contribution in [0.15, 0.2) is 23.1 Å². The van der Waals surface area contributed by atoms with Crippen LogP contribution in [-0.2, 0) is 4.79 Å². The van der Waals surface area contributed by atoms with E-state index in [1.165, 1.54) is 0 Å². The van der Waals surface area contributed by atoms with Crippen molar-refractivity contribution >= 4 is 36.0 Å². The highest BCUT2D eigenvalue weighted by molar-refractivity contribution is 8.10. The number of carbonyl (C=O) groups is 1. The standard InChI is InChI=1S/C10H11NO2S2/c1-5(9(12)13)6-2-3-7-8(4-6)15-10(14)11-7/h2-5,10-11,14H,1H3,(H,12,13). The number of carboxylic acids is 1. The number of nitrogens with one attached hydrogen (secondary N) is 1. The number of aliphatic carboxylic acids is 1. The van der Waals surface area contributed by atoms with Crippen LogP contribution in [0.3, 0.4) is 0 Å². The second kappa shape index (κ2) is 3.98. The van der Waals surface area contributed by atoms with Gasteiger partial charge in [0.15, 0.2) is 0 Å². The molecule has 15 heavy (non-hydrogen) atoms. The number of thioether (sulfide) groups is 1. The van der Waals surface area contributed by atoms with Gasteiger partial charge in [-0.3, -0.25) is 4.79 Å². The lowest BCUT2D eigenvalue weighted by molar-refractivity contribution is -0.138. The minimum Gasteiger partial charge on any atom is -0.481 e. The summed E-state index contributed by atoms with van der Waals surface area (Å²) in [6.07, 6.45) is 0. The molecular weight excluding hydrogens is 230 g/mol. The number of rotatable bonds is 2. The van der Waals surface area contributed by atoms with Crippen LogP contribution < -0.4 is 5.32 Å². The number of hydrogen-bond acceptors (Lipinski definition) is 4. The number of benzene rings is 1. The highest BCUT2D eigenvalue weighted by Crippen LogP contribution is 2.41. The number of carboxylic acid groups (broad SMARTS) is 1. The monoisotopic (exact) mass is 241 g/mol. The Kier molecular flexibility index (Phi) is 2.84. The lowest BCUT2D eigenvalue weighted by Gasteiger charge is -2.07. The quantitative estimate of drug-likeness (QED) is 0.697. The molecular formula is C10H11NO2S2. The average molecular weight is 241 g/mol. The van der Waals surface area contributed by atoms with Crippen molar-refractivity contribution in [1.82, 2.24) is 0 Å². The molecule has 3 nitrogen and oxygen atoms in total. The first-order chi connectivity index (χ1) is 7.08. The van der Waals surface area contributed by atoms with Crippen LogP contribution in [0.1, 0.15) is 18.4 Å². The predicted molar refractivity (Wildman–Crippen MR) is 64.7 cm³/mol. The molecule has 0 aliphatic carbocycles. The molecule has 1 aromatic rings. The van der Waals surface area contributed by atoms with Crippen LogP contribution in [0.4, 0.5) is 5.69 Å². The molecule has 1 aliphatic heterocycles. The lowest BCUT2D eigenvalue weighted by atomic mass is 10.0. The van der Waals surface area contributed by atoms with Crippen molar-refractivity contribution in [3.63, 3.8) is 0 Å². The zero-order chi connectivity index (χ0) is 11.0. The van der Waals surface area contributed by atoms with Crippen LogP contribution in [-0.4, -0.2) is 15.8 Å². The van der Waals surface area contributed by atoms with Gasteiger partial charge in [0.05, 0.1) is 5.92 Å². The summed E-state index contributed by atoms with van der Waals surface area (Å²) in [5.41, 5.74) is 1.86. The van der Waals surface area contributed by atoms with Crippen LogP contribution in [0.2, 0.25) is 0 Å². The lowest BCUT2D eigenvalue weighted by Crippen LogP contribution is -2.07. The molecule has 0 saturated heterocycles. The van der Waals surface area contributed by atoms with E-state index in [1.54, 1.807) is 18.7 Å². The van der Waals surface area contributed by atoms with Crippen molar-refractivity contribution in [2.75, 3.05) is 5.32 Å². The molecule has 0 radical (unpaired) electrons. The van der Waals surface area contributed by atoms with Crippen molar-refractivity contribution in [3.8, 4) is 0 Å². The largest absolute Gasteiger partial charge is 0.481 e. The molecule has 0 fully saturated rings. The van der Waals surface area contributed by atoms with Gasteiger partial charge in [-0.1, -0.05) is 17.8 Å². The molecule has 2 N–H and O–H groups in total. The molecule has 80 valence electrons. The molecule has 2 unspecified atom stereocenters. The Bertz CT molecular complexity index is 408. The Labute approximate surface area is 97.7 Å². The third-order valence-corrected chi connectivity index (χ3v) is 3.77. The normalized spacial score (nSPS) is 20.5. The molecule has 1 aliphatic rings. The molecule has 0 spiro atoms. The van der Waals surface area contributed by atoms with Crippen molar-refractivity contribution in [2.45, 2.75) is 22.4 Å². The van der Waals surface area contributed by atoms with E-state index >= 15 is 0 Å². The summed E-state index contributed by atoms with van der Waals surface area (Å²) in [5, 5.41) is 12.1. The first-order valence-electron chi connectivity index (χ1n) is 4.56. The van der Waals surface area contributed by atoms with E-state index in [0.717, 1.165) is 16.1 Å². The zero-order valence-corrected chi connectivity index (χ0v) is 9.81. The fourth-order valence-corrected chi connectivity index (χ4v) is 2.81. The molecule has 1 aromatic carbocycles. The first kappa shape index (κ1) is 10.7. The summed E-state index contributed by atoms with van der Waals surface area (Å²) in [7, 11) is 0. The van der Waals surface area contributed by atoms with Gasteiger partial charge >= 0.3 is 5.97 Å². The third kappa shape index (κ3) is 2.08. The molecule has 0 bridgehead atoms. The Morgan fingerprint density at radius 2 is 2.40 bits per heavy atom. The second-order valence-corrected chi connectivity index (χ2v) is 5.44. The van der Waals surface area contributed by atoms with Crippen molar-refractivity contribution < 1.29 is 9.90 Å². The summed E-state index contributed by atoms with van der Waals surface area (Å²) >= 11 is 5.89. The van der Waals surface area contributed by atoms with Gasteiger partial charge < -0.3 is 10.4 Å². The van der Waals surface area contributed by atoms with E-state index in [1.807, 2.05) is 18.2 Å². The number of thiol groups is 1. The fraction of sp³-hybridized carbons (Fsp3) is 0.300. The average Bonchev–Trinajstić information content (AvgIpc) is 2.55. The van der Waals surface area contributed by atoms with Crippen LogP contribution in [0.25, 0.3) is 0 Å². The summed E-state index contributed by atoms with van der Waals surface area (Å²) in [4.78, 5) is 11.9. The van der Waals surface area contributed by atoms with Gasteiger partial charge in [0.1, 0.15) is 4.71 Å². The topological polar surface area (TPSA) is 49.3 Å².